The maximum atomic E-state index is 9.99. The number of aliphatic hydroxyl groups excluding tert-OH is 1. The SMILES string of the molecule is CC(O)C(=O)O.CCC(N)S(=O)(=O)O.NCCN. The molecule has 0 aromatic heterocycles. The number of carbonyl (C=O) groups is 1. The summed E-state index contributed by atoms with van der Waals surface area (Å²) in [5.74, 6) is -1.19. The number of nitrogens with two attached hydrogens (primary N) is 3. The molecule has 0 spiro atoms. The van der Waals surface area contributed by atoms with Crippen LogP contribution >= 0.6 is 0 Å². The minimum Gasteiger partial charge on any atom is -0.479 e. The molecule has 0 aliphatic carbocycles. The Balaban J connectivity index is -0.000000200. The van der Waals surface area contributed by atoms with Crippen LogP contribution in [0.25, 0.3) is 0 Å². The summed E-state index contributed by atoms with van der Waals surface area (Å²) in [5.41, 5.74) is 14.7. The Morgan fingerprint density at radius 1 is 1.28 bits per heavy atom. The number of rotatable bonds is 4. The van der Waals surface area contributed by atoms with Crippen molar-refractivity contribution in [3.63, 3.8) is 0 Å². The van der Waals surface area contributed by atoms with Crippen LogP contribution in [-0.4, -0.2) is 53.7 Å². The Bertz CT molecular complexity index is 291. The van der Waals surface area contributed by atoms with Gasteiger partial charge in [0.25, 0.3) is 10.1 Å². The van der Waals surface area contributed by atoms with Crippen LogP contribution in [0.1, 0.15) is 20.3 Å². The molecule has 0 heterocycles. The lowest BCUT2D eigenvalue weighted by Crippen LogP contribution is -2.28. The van der Waals surface area contributed by atoms with Gasteiger partial charge in [-0.05, 0) is 13.3 Å². The first-order valence-corrected chi connectivity index (χ1v) is 6.57. The van der Waals surface area contributed by atoms with Gasteiger partial charge >= 0.3 is 5.97 Å². The van der Waals surface area contributed by atoms with E-state index >= 15 is 0 Å². The summed E-state index contributed by atoms with van der Waals surface area (Å²) in [5, 5.41) is 14.6. The fraction of sp³-hybridized carbons (Fsp3) is 0.875. The second-order valence-corrected chi connectivity index (χ2v) is 4.69. The molecule has 0 aromatic carbocycles. The molecule has 0 aliphatic rings. The fourth-order valence-electron chi connectivity index (χ4n) is 0.211. The molecule has 0 radical (unpaired) electrons. The van der Waals surface area contributed by atoms with Crippen molar-refractivity contribution >= 4 is 16.1 Å². The van der Waals surface area contributed by atoms with Crippen LogP contribution in [0.3, 0.4) is 0 Å². The Morgan fingerprint density at radius 2 is 1.56 bits per heavy atom. The van der Waals surface area contributed by atoms with Gasteiger partial charge in [0, 0.05) is 13.1 Å². The molecule has 0 rings (SSSR count). The minimum atomic E-state index is -3.98. The first kappa shape index (κ1) is 22.4. The van der Waals surface area contributed by atoms with Crippen LogP contribution in [-0.2, 0) is 14.9 Å². The monoisotopic (exact) mass is 289 g/mol. The normalized spacial score (nSPS) is 13.3. The number of carboxylic acid groups (broad SMARTS) is 1. The topological polar surface area (TPSA) is 190 Å². The summed E-state index contributed by atoms with van der Waals surface area (Å²) < 4.78 is 28.1. The van der Waals surface area contributed by atoms with Gasteiger partial charge < -0.3 is 27.4 Å². The molecular weight excluding hydrogens is 266 g/mol. The van der Waals surface area contributed by atoms with Gasteiger partial charge in [-0.15, -0.1) is 0 Å². The summed E-state index contributed by atoms with van der Waals surface area (Å²) in [6, 6.07) is 0. The summed E-state index contributed by atoms with van der Waals surface area (Å²) in [6.45, 7) is 3.97. The molecule has 9 nitrogen and oxygen atoms in total. The van der Waals surface area contributed by atoms with Crippen LogP contribution in [0.2, 0.25) is 0 Å². The maximum absolute atomic E-state index is 9.99. The lowest BCUT2D eigenvalue weighted by molar-refractivity contribution is -0.145. The molecule has 0 aliphatic heterocycles. The van der Waals surface area contributed by atoms with E-state index in [2.05, 4.69) is 0 Å². The molecule has 0 aromatic rings. The first-order chi connectivity index (χ1) is 8.04. The minimum absolute atomic E-state index is 0.235. The molecule has 0 saturated heterocycles. The van der Waals surface area contributed by atoms with Crippen molar-refractivity contribution in [1.29, 1.82) is 0 Å². The third-order valence-corrected chi connectivity index (χ3v) is 2.41. The number of aliphatic carboxylic acids is 1. The van der Waals surface area contributed by atoms with Crippen LogP contribution in [0.5, 0.6) is 0 Å². The highest BCUT2D eigenvalue weighted by Crippen LogP contribution is 1.93. The van der Waals surface area contributed by atoms with E-state index in [-0.39, 0.29) is 6.42 Å². The third kappa shape index (κ3) is 20.6. The van der Waals surface area contributed by atoms with Gasteiger partial charge in [-0.3, -0.25) is 4.55 Å². The molecule has 18 heavy (non-hydrogen) atoms. The van der Waals surface area contributed by atoms with E-state index in [0.717, 1.165) is 0 Å². The first-order valence-electron chi connectivity index (χ1n) is 5.07. The molecular formula is C8H23N3O6S. The lowest BCUT2D eigenvalue weighted by Gasteiger charge is -2.01. The number of hydrogen-bond acceptors (Lipinski definition) is 7. The number of carboxylic acids is 1. The Kier molecular flexibility index (Phi) is 15.8. The Labute approximate surface area is 107 Å². The molecule has 0 saturated carbocycles. The summed E-state index contributed by atoms with van der Waals surface area (Å²) in [7, 11) is -3.98. The Hall–Kier alpha value is -0.780. The summed E-state index contributed by atoms with van der Waals surface area (Å²) in [6.07, 6.45) is -0.997. The van der Waals surface area contributed by atoms with Crippen molar-refractivity contribution < 1.29 is 28.0 Å². The van der Waals surface area contributed by atoms with Crippen LogP contribution < -0.4 is 17.2 Å². The molecule has 2 unspecified atom stereocenters. The van der Waals surface area contributed by atoms with Crippen LogP contribution in [0, 0.1) is 0 Å². The van der Waals surface area contributed by atoms with Crippen molar-refractivity contribution in [3.8, 4) is 0 Å². The predicted molar refractivity (Wildman–Crippen MR) is 67.2 cm³/mol. The average Bonchev–Trinajstić information content (AvgIpc) is 2.27. The van der Waals surface area contributed by atoms with Gasteiger partial charge in [0.1, 0.15) is 11.5 Å². The number of hydrogen-bond donors (Lipinski definition) is 6. The highest BCUT2D eigenvalue weighted by Gasteiger charge is 2.13. The molecule has 112 valence electrons. The van der Waals surface area contributed by atoms with Crippen molar-refractivity contribution in [1.82, 2.24) is 0 Å². The van der Waals surface area contributed by atoms with E-state index in [9.17, 15) is 13.2 Å². The van der Waals surface area contributed by atoms with E-state index in [1.165, 1.54) is 6.92 Å². The van der Waals surface area contributed by atoms with Crippen LogP contribution in [0.4, 0.5) is 0 Å². The van der Waals surface area contributed by atoms with Crippen molar-refractivity contribution in [2.75, 3.05) is 13.1 Å². The molecule has 9 N–H and O–H groups in total. The molecule has 0 amide bonds. The highest BCUT2D eigenvalue weighted by atomic mass is 32.2. The smallest absolute Gasteiger partial charge is 0.332 e. The van der Waals surface area contributed by atoms with Gasteiger partial charge in [-0.25, -0.2) is 4.79 Å². The zero-order valence-electron chi connectivity index (χ0n) is 10.5. The Morgan fingerprint density at radius 3 is 1.56 bits per heavy atom. The van der Waals surface area contributed by atoms with E-state index in [1.54, 1.807) is 6.92 Å². The molecule has 0 bridgehead atoms. The third-order valence-electron chi connectivity index (χ3n) is 1.31. The summed E-state index contributed by atoms with van der Waals surface area (Å²) >= 11 is 0. The second-order valence-electron chi connectivity index (χ2n) is 3.05. The van der Waals surface area contributed by atoms with E-state index in [0.29, 0.717) is 13.1 Å². The van der Waals surface area contributed by atoms with Crippen molar-refractivity contribution in [2.24, 2.45) is 17.2 Å². The summed E-state index contributed by atoms with van der Waals surface area (Å²) in [4.78, 5) is 9.45. The standard InChI is InChI=1S/C3H9NO3S.C3H6O3.C2H8N2/c1-2-3(4)8(5,6)7;1-2(4)3(5)6;3-1-2-4/h3H,2,4H2,1H3,(H,5,6,7);2,4H,1H3,(H,5,6);1-4H2. The van der Waals surface area contributed by atoms with Gasteiger partial charge in [0.15, 0.2) is 0 Å². The van der Waals surface area contributed by atoms with Gasteiger partial charge in [0.2, 0.25) is 0 Å². The molecule has 0 fully saturated rings. The fourth-order valence-corrected chi connectivity index (χ4v) is 0.632. The second kappa shape index (κ2) is 12.7. The molecule has 10 heteroatoms. The van der Waals surface area contributed by atoms with E-state index in [1.807, 2.05) is 0 Å². The van der Waals surface area contributed by atoms with Gasteiger partial charge in [-0.2, -0.15) is 8.42 Å². The molecule has 2 atom stereocenters. The van der Waals surface area contributed by atoms with Crippen LogP contribution in [0.15, 0.2) is 0 Å². The van der Waals surface area contributed by atoms with Gasteiger partial charge in [-0.1, -0.05) is 6.92 Å². The quantitative estimate of drug-likeness (QED) is 0.315. The van der Waals surface area contributed by atoms with E-state index in [4.69, 9.17) is 32.0 Å². The zero-order chi connectivity index (χ0) is 15.4. The average molecular weight is 289 g/mol. The predicted octanol–water partition coefficient (Wildman–Crippen LogP) is -2.08. The lowest BCUT2D eigenvalue weighted by atomic mass is 10.4. The van der Waals surface area contributed by atoms with Crippen molar-refractivity contribution in [3.05, 3.63) is 0 Å². The van der Waals surface area contributed by atoms with Gasteiger partial charge in [0.05, 0.1) is 0 Å². The van der Waals surface area contributed by atoms with E-state index < -0.39 is 27.6 Å². The van der Waals surface area contributed by atoms with Crippen molar-refractivity contribution in [2.45, 2.75) is 31.7 Å². The maximum Gasteiger partial charge on any atom is 0.332 e. The highest BCUT2D eigenvalue weighted by molar-refractivity contribution is 7.86. The largest absolute Gasteiger partial charge is 0.479 e. The zero-order valence-corrected chi connectivity index (χ0v) is 11.3. The number of aliphatic hydroxyl groups is 1.